The number of hydrogen-bond donors (Lipinski definition) is 3. The highest BCUT2D eigenvalue weighted by Gasteiger charge is 2.35. The number of anilines is 1. The SMILES string of the molecule is CCCOCc1ncc(-c2ccc3nc(NC(=O)C4CC(N[C@@H](C)CNC(=O)c5cc(F)ccn5)C4)sc3c2)cn1. The predicted octanol–water partition coefficient (Wildman–Crippen LogP) is 4.34. The van der Waals surface area contributed by atoms with Crippen LogP contribution in [0.5, 0.6) is 0 Å². The predicted molar refractivity (Wildman–Crippen MR) is 155 cm³/mol. The second kappa shape index (κ2) is 13.2. The van der Waals surface area contributed by atoms with E-state index in [0.717, 1.165) is 33.8 Å². The minimum atomic E-state index is -0.504. The van der Waals surface area contributed by atoms with Gasteiger partial charge in [0.15, 0.2) is 11.0 Å². The van der Waals surface area contributed by atoms with Crippen molar-refractivity contribution in [2.75, 3.05) is 18.5 Å². The zero-order chi connectivity index (χ0) is 28.8. The van der Waals surface area contributed by atoms with Crippen LogP contribution >= 0.6 is 11.3 Å². The molecule has 0 bridgehead atoms. The number of thiazole rings is 1. The third-order valence-electron chi connectivity index (χ3n) is 6.79. The van der Waals surface area contributed by atoms with E-state index in [1.54, 1.807) is 12.4 Å². The van der Waals surface area contributed by atoms with Gasteiger partial charge in [-0.3, -0.25) is 14.6 Å². The third kappa shape index (κ3) is 7.46. The Labute approximate surface area is 241 Å². The van der Waals surface area contributed by atoms with Crippen molar-refractivity contribution in [2.45, 2.75) is 51.8 Å². The first kappa shape index (κ1) is 28.7. The van der Waals surface area contributed by atoms with Gasteiger partial charge >= 0.3 is 0 Å². The Morgan fingerprint density at radius 1 is 1.12 bits per heavy atom. The van der Waals surface area contributed by atoms with E-state index in [0.29, 0.717) is 43.6 Å². The molecule has 4 aromatic rings. The molecule has 1 fully saturated rings. The number of aromatic nitrogens is 4. The fourth-order valence-corrected chi connectivity index (χ4v) is 5.45. The topological polar surface area (TPSA) is 131 Å². The summed E-state index contributed by atoms with van der Waals surface area (Å²) < 4.78 is 19.8. The third-order valence-corrected chi connectivity index (χ3v) is 7.72. The van der Waals surface area contributed by atoms with Crippen LogP contribution in [-0.4, -0.2) is 57.0 Å². The van der Waals surface area contributed by atoms with E-state index in [-0.39, 0.29) is 29.6 Å². The number of ether oxygens (including phenoxy) is 1. The monoisotopic (exact) mass is 577 g/mol. The molecular formula is C29H32FN7O3S. The smallest absolute Gasteiger partial charge is 0.270 e. The quantitative estimate of drug-likeness (QED) is 0.212. The standard InChI is InChI=1S/C29H32FN7O3S/c1-3-8-40-16-26-32-14-20(15-33-26)18-4-5-23-25(11-18)41-29(36-23)37-27(38)19-9-22(10-19)35-17(2)13-34-28(39)24-12-21(30)6-7-31-24/h4-7,11-12,14-15,17,19,22,35H,3,8-10,13,16H2,1-2H3,(H,34,39)(H,36,37,38)/t17-,19?,22?/m0/s1. The van der Waals surface area contributed by atoms with E-state index in [2.05, 4.69) is 42.8 Å². The maximum absolute atomic E-state index is 13.3. The number of amides is 2. The number of carbonyl (C=O) groups is 2. The molecule has 1 atom stereocenters. The van der Waals surface area contributed by atoms with Crippen LogP contribution in [0.1, 0.15) is 49.4 Å². The second-order valence-corrected chi connectivity index (χ2v) is 11.2. The molecule has 0 spiro atoms. The van der Waals surface area contributed by atoms with E-state index in [9.17, 15) is 14.0 Å². The largest absolute Gasteiger partial charge is 0.373 e. The van der Waals surface area contributed by atoms with E-state index in [1.807, 2.05) is 25.1 Å². The molecule has 1 aromatic carbocycles. The van der Waals surface area contributed by atoms with Gasteiger partial charge in [-0.05, 0) is 49.9 Å². The van der Waals surface area contributed by atoms with Gasteiger partial charge in [0.1, 0.15) is 18.1 Å². The fraction of sp³-hybridized carbons (Fsp3) is 0.379. The van der Waals surface area contributed by atoms with Gasteiger partial charge in [-0.2, -0.15) is 0 Å². The van der Waals surface area contributed by atoms with Crippen LogP contribution in [0.2, 0.25) is 0 Å². The Morgan fingerprint density at radius 3 is 2.68 bits per heavy atom. The summed E-state index contributed by atoms with van der Waals surface area (Å²) in [7, 11) is 0. The summed E-state index contributed by atoms with van der Waals surface area (Å²) >= 11 is 1.43. The van der Waals surface area contributed by atoms with Crippen molar-refractivity contribution in [2.24, 2.45) is 5.92 Å². The maximum atomic E-state index is 13.3. The Hall–Kier alpha value is -3.87. The van der Waals surface area contributed by atoms with E-state index >= 15 is 0 Å². The van der Waals surface area contributed by atoms with Crippen LogP contribution in [0.25, 0.3) is 21.3 Å². The molecule has 1 aliphatic rings. The van der Waals surface area contributed by atoms with Crippen molar-refractivity contribution in [1.29, 1.82) is 0 Å². The van der Waals surface area contributed by atoms with Gasteiger partial charge in [0.2, 0.25) is 5.91 Å². The lowest BCUT2D eigenvalue weighted by atomic mass is 9.79. The highest BCUT2D eigenvalue weighted by atomic mass is 32.1. The molecule has 0 saturated heterocycles. The molecular weight excluding hydrogens is 545 g/mol. The van der Waals surface area contributed by atoms with Crippen molar-refractivity contribution in [3.8, 4) is 11.1 Å². The molecule has 1 saturated carbocycles. The molecule has 3 aromatic heterocycles. The van der Waals surface area contributed by atoms with Crippen LogP contribution < -0.4 is 16.0 Å². The molecule has 2 amide bonds. The lowest BCUT2D eigenvalue weighted by molar-refractivity contribution is -0.123. The summed E-state index contributed by atoms with van der Waals surface area (Å²) in [6, 6.07) is 8.39. The zero-order valence-corrected chi connectivity index (χ0v) is 23.7. The normalized spacial score (nSPS) is 17.1. The van der Waals surface area contributed by atoms with Crippen molar-refractivity contribution >= 4 is 38.5 Å². The summed E-state index contributed by atoms with van der Waals surface area (Å²) in [6.07, 6.45) is 7.20. The Balaban J connectivity index is 1.08. The van der Waals surface area contributed by atoms with Gasteiger partial charge in [-0.1, -0.05) is 24.3 Å². The summed E-state index contributed by atoms with van der Waals surface area (Å²) in [5.74, 6) is -0.430. The number of fused-ring (bicyclic) bond motifs is 1. The number of hydrogen-bond acceptors (Lipinski definition) is 9. The van der Waals surface area contributed by atoms with Crippen molar-refractivity contribution < 1.29 is 18.7 Å². The first-order chi connectivity index (χ1) is 19.9. The van der Waals surface area contributed by atoms with Gasteiger partial charge in [0, 0.05) is 61.4 Å². The first-order valence-corrected chi connectivity index (χ1v) is 14.5. The zero-order valence-electron chi connectivity index (χ0n) is 22.9. The number of halogens is 1. The van der Waals surface area contributed by atoms with E-state index in [4.69, 9.17) is 4.74 Å². The number of benzene rings is 1. The minimum absolute atomic E-state index is 0.0176. The van der Waals surface area contributed by atoms with Crippen LogP contribution in [0, 0.1) is 11.7 Å². The van der Waals surface area contributed by atoms with Crippen molar-refractivity contribution in [3.63, 3.8) is 0 Å². The van der Waals surface area contributed by atoms with Gasteiger partial charge in [0.05, 0.1) is 10.2 Å². The van der Waals surface area contributed by atoms with Crippen molar-refractivity contribution in [1.82, 2.24) is 30.6 Å². The molecule has 10 nitrogen and oxygen atoms in total. The number of rotatable bonds is 12. The van der Waals surface area contributed by atoms with Crippen LogP contribution in [0.4, 0.5) is 9.52 Å². The number of pyridine rings is 1. The van der Waals surface area contributed by atoms with E-state index < -0.39 is 11.7 Å². The molecule has 3 N–H and O–H groups in total. The molecule has 3 heterocycles. The van der Waals surface area contributed by atoms with Crippen molar-refractivity contribution in [3.05, 3.63) is 66.3 Å². The lowest BCUT2D eigenvalue weighted by Gasteiger charge is -2.36. The Bertz CT molecular complexity index is 1510. The highest BCUT2D eigenvalue weighted by Crippen LogP contribution is 2.33. The Kier molecular flexibility index (Phi) is 9.22. The number of nitrogens with zero attached hydrogens (tertiary/aromatic N) is 4. The summed E-state index contributed by atoms with van der Waals surface area (Å²) in [6.45, 7) is 5.45. The molecule has 12 heteroatoms. The lowest BCUT2D eigenvalue weighted by Crippen LogP contribution is -2.51. The summed E-state index contributed by atoms with van der Waals surface area (Å²) in [5, 5.41) is 9.72. The summed E-state index contributed by atoms with van der Waals surface area (Å²) in [4.78, 5) is 42.2. The minimum Gasteiger partial charge on any atom is -0.373 e. The van der Waals surface area contributed by atoms with Crippen LogP contribution in [0.15, 0.2) is 48.9 Å². The first-order valence-electron chi connectivity index (χ1n) is 13.6. The second-order valence-electron chi connectivity index (χ2n) is 10.1. The molecule has 0 aliphatic heterocycles. The average molecular weight is 578 g/mol. The number of nitrogens with one attached hydrogen (secondary N) is 3. The Morgan fingerprint density at radius 2 is 1.93 bits per heavy atom. The van der Waals surface area contributed by atoms with Crippen LogP contribution in [0.3, 0.4) is 0 Å². The van der Waals surface area contributed by atoms with Crippen LogP contribution in [-0.2, 0) is 16.1 Å². The number of carbonyl (C=O) groups excluding carboxylic acids is 2. The average Bonchev–Trinajstić information content (AvgIpc) is 3.35. The molecule has 5 rings (SSSR count). The molecule has 0 radical (unpaired) electrons. The molecule has 0 unspecified atom stereocenters. The summed E-state index contributed by atoms with van der Waals surface area (Å²) in [5.41, 5.74) is 2.74. The van der Waals surface area contributed by atoms with Gasteiger partial charge in [0.25, 0.3) is 5.91 Å². The van der Waals surface area contributed by atoms with E-state index in [1.165, 1.54) is 23.6 Å². The van der Waals surface area contributed by atoms with Gasteiger partial charge in [-0.25, -0.2) is 19.3 Å². The fourth-order valence-electron chi connectivity index (χ4n) is 4.55. The van der Waals surface area contributed by atoms with Gasteiger partial charge < -0.3 is 20.7 Å². The molecule has 214 valence electrons. The molecule has 1 aliphatic carbocycles. The maximum Gasteiger partial charge on any atom is 0.270 e. The van der Waals surface area contributed by atoms with Gasteiger partial charge in [-0.15, -0.1) is 0 Å². The molecule has 41 heavy (non-hydrogen) atoms. The highest BCUT2D eigenvalue weighted by molar-refractivity contribution is 7.22.